The van der Waals surface area contributed by atoms with Crippen molar-refractivity contribution < 1.29 is 4.79 Å². The second-order valence-corrected chi connectivity index (χ2v) is 8.08. The molecule has 1 atom stereocenters. The highest BCUT2D eigenvalue weighted by molar-refractivity contribution is 14.0. The van der Waals surface area contributed by atoms with E-state index >= 15 is 0 Å². The summed E-state index contributed by atoms with van der Waals surface area (Å²) in [5.74, 6) is 0.826. The van der Waals surface area contributed by atoms with Gasteiger partial charge in [0.25, 0.3) is 0 Å². The van der Waals surface area contributed by atoms with E-state index in [2.05, 4.69) is 48.6 Å². The molecule has 0 fully saturated rings. The van der Waals surface area contributed by atoms with Crippen molar-refractivity contribution in [1.82, 2.24) is 16.0 Å². The second kappa shape index (κ2) is 11.9. The summed E-state index contributed by atoms with van der Waals surface area (Å²) in [6.07, 6.45) is 2.25. The number of amides is 1. The summed E-state index contributed by atoms with van der Waals surface area (Å²) in [5.41, 5.74) is -0.168. The molecule has 0 aromatic heterocycles. The Hall–Kier alpha value is -0.530. The molecule has 0 aromatic rings. The SMILES string of the molecule is CCNC(=O)C(C)(C)CN=C(NCC)NC(C)CCC(C)(C)C.I. The molecule has 0 saturated carbocycles. The van der Waals surface area contributed by atoms with Crippen molar-refractivity contribution in [3.63, 3.8) is 0 Å². The Morgan fingerprint density at radius 2 is 1.58 bits per heavy atom. The lowest BCUT2D eigenvalue weighted by molar-refractivity contribution is -0.128. The third-order valence-electron chi connectivity index (χ3n) is 3.64. The van der Waals surface area contributed by atoms with Crippen LogP contribution in [-0.2, 0) is 4.79 Å². The monoisotopic (exact) mass is 454 g/mol. The number of aliphatic imine (C=N–C) groups is 1. The molecule has 0 aliphatic heterocycles. The summed E-state index contributed by atoms with van der Waals surface area (Å²) in [4.78, 5) is 16.7. The summed E-state index contributed by atoms with van der Waals surface area (Å²) < 4.78 is 0. The Kier molecular flexibility index (Phi) is 12.8. The maximum absolute atomic E-state index is 12.0. The zero-order chi connectivity index (χ0) is 18.1. The molecule has 0 bridgehead atoms. The molecule has 0 aliphatic carbocycles. The van der Waals surface area contributed by atoms with E-state index in [0.29, 0.717) is 24.5 Å². The molecule has 0 rings (SSSR count). The molecule has 3 N–H and O–H groups in total. The number of guanidine groups is 1. The van der Waals surface area contributed by atoms with Gasteiger partial charge in [0.15, 0.2) is 5.96 Å². The molecule has 24 heavy (non-hydrogen) atoms. The predicted molar refractivity (Wildman–Crippen MR) is 115 cm³/mol. The van der Waals surface area contributed by atoms with Gasteiger partial charge in [-0.15, -0.1) is 24.0 Å². The lowest BCUT2D eigenvalue weighted by Crippen LogP contribution is -2.44. The molecule has 0 saturated heterocycles. The molecule has 144 valence electrons. The highest BCUT2D eigenvalue weighted by atomic mass is 127. The second-order valence-electron chi connectivity index (χ2n) is 8.08. The zero-order valence-corrected chi connectivity index (χ0v) is 19.2. The van der Waals surface area contributed by atoms with Gasteiger partial charge < -0.3 is 16.0 Å². The first-order valence-electron chi connectivity index (χ1n) is 8.85. The van der Waals surface area contributed by atoms with Crippen LogP contribution >= 0.6 is 24.0 Å². The number of rotatable bonds is 8. The number of halogens is 1. The van der Waals surface area contributed by atoms with E-state index in [-0.39, 0.29) is 29.9 Å². The third kappa shape index (κ3) is 11.9. The summed E-state index contributed by atoms with van der Waals surface area (Å²) in [7, 11) is 0. The molecular weight excluding hydrogens is 415 g/mol. The van der Waals surface area contributed by atoms with Crippen molar-refractivity contribution in [1.29, 1.82) is 0 Å². The van der Waals surface area contributed by atoms with Crippen molar-refractivity contribution in [2.24, 2.45) is 15.8 Å². The quantitative estimate of drug-likeness (QED) is 0.299. The fourth-order valence-electron chi connectivity index (χ4n) is 2.02. The first-order chi connectivity index (χ1) is 10.5. The first kappa shape index (κ1) is 25.7. The Morgan fingerprint density at radius 1 is 1.04 bits per heavy atom. The van der Waals surface area contributed by atoms with Crippen molar-refractivity contribution in [3.05, 3.63) is 0 Å². The lowest BCUT2D eigenvalue weighted by Gasteiger charge is -2.24. The minimum atomic E-state index is -0.507. The minimum absolute atomic E-state index is 0. The summed E-state index contributed by atoms with van der Waals surface area (Å²) in [5, 5.41) is 9.57. The van der Waals surface area contributed by atoms with Crippen LogP contribution in [0.1, 0.15) is 68.2 Å². The van der Waals surface area contributed by atoms with Gasteiger partial charge in [-0.1, -0.05) is 20.8 Å². The van der Waals surface area contributed by atoms with Crippen molar-refractivity contribution in [3.8, 4) is 0 Å². The molecule has 1 amide bonds. The Labute approximate surface area is 166 Å². The van der Waals surface area contributed by atoms with Crippen LogP contribution in [0.25, 0.3) is 0 Å². The van der Waals surface area contributed by atoms with E-state index in [4.69, 9.17) is 0 Å². The normalized spacial score (nSPS) is 13.8. The maximum atomic E-state index is 12.0. The zero-order valence-electron chi connectivity index (χ0n) is 16.9. The van der Waals surface area contributed by atoms with Crippen LogP contribution in [0.2, 0.25) is 0 Å². The lowest BCUT2D eigenvalue weighted by atomic mass is 9.89. The highest BCUT2D eigenvalue weighted by Crippen LogP contribution is 2.21. The highest BCUT2D eigenvalue weighted by Gasteiger charge is 2.27. The summed E-state index contributed by atoms with van der Waals surface area (Å²) >= 11 is 0. The van der Waals surface area contributed by atoms with E-state index in [1.165, 1.54) is 0 Å². The molecular formula is C18H39IN4O. The fraction of sp³-hybridized carbons (Fsp3) is 0.889. The minimum Gasteiger partial charge on any atom is -0.357 e. The smallest absolute Gasteiger partial charge is 0.227 e. The Morgan fingerprint density at radius 3 is 2.04 bits per heavy atom. The van der Waals surface area contributed by atoms with Gasteiger partial charge in [-0.3, -0.25) is 9.79 Å². The average Bonchev–Trinajstić information content (AvgIpc) is 2.42. The third-order valence-corrected chi connectivity index (χ3v) is 3.64. The van der Waals surface area contributed by atoms with Crippen molar-refractivity contribution in [2.75, 3.05) is 19.6 Å². The number of hydrogen-bond donors (Lipinski definition) is 3. The first-order valence-corrected chi connectivity index (χ1v) is 8.85. The number of carbonyl (C=O) groups excluding carboxylic acids is 1. The molecule has 6 heteroatoms. The predicted octanol–water partition coefficient (Wildman–Crippen LogP) is 3.54. The molecule has 0 aromatic carbocycles. The van der Waals surface area contributed by atoms with Crippen LogP contribution < -0.4 is 16.0 Å². The molecule has 1 unspecified atom stereocenters. The molecule has 5 nitrogen and oxygen atoms in total. The van der Waals surface area contributed by atoms with E-state index in [1.54, 1.807) is 0 Å². The van der Waals surface area contributed by atoms with Gasteiger partial charge in [0.2, 0.25) is 5.91 Å². The van der Waals surface area contributed by atoms with Gasteiger partial charge in [0.1, 0.15) is 0 Å². The van der Waals surface area contributed by atoms with E-state index in [0.717, 1.165) is 25.3 Å². The van der Waals surface area contributed by atoms with Crippen molar-refractivity contribution >= 4 is 35.8 Å². The van der Waals surface area contributed by atoms with Crippen LogP contribution in [0.15, 0.2) is 4.99 Å². The van der Waals surface area contributed by atoms with Gasteiger partial charge in [0, 0.05) is 19.1 Å². The number of carbonyl (C=O) groups is 1. The van der Waals surface area contributed by atoms with E-state index < -0.39 is 5.41 Å². The summed E-state index contributed by atoms with van der Waals surface area (Å²) in [6, 6.07) is 0.347. The molecule has 0 heterocycles. The van der Waals surface area contributed by atoms with Crippen LogP contribution in [0.4, 0.5) is 0 Å². The van der Waals surface area contributed by atoms with Crippen LogP contribution in [-0.4, -0.2) is 37.5 Å². The standard InChI is InChI=1S/C18H38N4O.HI/c1-9-19-15(23)18(7,8)13-21-16(20-10-2)22-14(3)11-12-17(4,5)6;/h14H,9-13H2,1-8H3,(H,19,23)(H2,20,21,22);1H. The molecule has 0 spiro atoms. The van der Waals surface area contributed by atoms with E-state index in [9.17, 15) is 4.79 Å². The van der Waals surface area contributed by atoms with Gasteiger partial charge in [-0.05, 0) is 52.9 Å². The Balaban J connectivity index is 0. The van der Waals surface area contributed by atoms with Gasteiger partial charge in [-0.2, -0.15) is 0 Å². The Bertz CT molecular complexity index is 389. The van der Waals surface area contributed by atoms with Gasteiger partial charge in [-0.25, -0.2) is 0 Å². The maximum Gasteiger partial charge on any atom is 0.227 e. The van der Waals surface area contributed by atoms with Crippen LogP contribution in [0.5, 0.6) is 0 Å². The topological polar surface area (TPSA) is 65.5 Å². The van der Waals surface area contributed by atoms with E-state index in [1.807, 2.05) is 27.7 Å². The fourth-order valence-corrected chi connectivity index (χ4v) is 2.02. The van der Waals surface area contributed by atoms with Gasteiger partial charge >= 0.3 is 0 Å². The number of nitrogens with zero attached hydrogens (tertiary/aromatic N) is 1. The van der Waals surface area contributed by atoms with Crippen LogP contribution in [0, 0.1) is 10.8 Å². The number of nitrogens with one attached hydrogen (secondary N) is 3. The van der Waals surface area contributed by atoms with Crippen LogP contribution in [0.3, 0.4) is 0 Å². The number of hydrogen-bond acceptors (Lipinski definition) is 2. The average molecular weight is 454 g/mol. The molecule has 0 aliphatic rings. The summed E-state index contributed by atoms with van der Waals surface area (Å²) in [6.45, 7) is 18.7. The van der Waals surface area contributed by atoms with Gasteiger partial charge in [0.05, 0.1) is 12.0 Å². The molecule has 0 radical (unpaired) electrons. The largest absolute Gasteiger partial charge is 0.357 e. The van der Waals surface area contributed by atoms with Crippen molar-refractivity contribution in [2.45, 2.75) is 74.3 Å².